The number of nitrogens with one attached hydrogen (secondary N) is 2. The second-order valence-corrected chi connectivity index (χ2v) is 7.78. The molecule has 27 heavy (non-hydrogen) atoms. The molecule has 5 N–H and O–H groups in total. The molecule has 0 aliphatic heterocycles. The van der Waals surface area contributed by atoms with E-state index in [2.05, 4.69) is 10.3 Å². The summed E-state index contributed by atoms with van der Waals surface area (Å²) in [5.74, 6) is -0.555. The minimum Gasteiger partial charge on any atom is -0.504 e. The summed E-state index contributed by atoms with van der Waals surface area (Å²) in [5.41, 5.74) is 1.32. The fourth-order valence-corrected chi connectivity index (χ4v) is 3.38. The van der Waals surface area contributed by atoms with Crippen molar-refractivity contribution in [2.45, 2.75) is 37.7 Å². The van der Waals surface area contributed by atoms with E-state index in [1.807, 2.05) is 24.3 Å². The van der Waals surface area contributed by atoms with Crippen LogP contribution in [0.2, 0.25) is 0 Å². The maximum absolute atomic E-state index is 12.9. The SMILES string of the molecule is CC(C)(O)c1cc2cc(NC(=O)C3(c4ccc(O)c(O)c4)CC3)ccc2[nH]1. The third-order valence-electron chi connectivity index (χ3n) is 5.25. The molecule has 2 aromatic carbocycles. The predicted octanol–water partition coefficient (Wildman–Crippen LogP) is 3.48. The fraction of sp³-hybridized carbons (Fsp3) is 0.286. The zero-order valence-electron chi connectivity index (χ0n) is 15.2. The largest absolute Gasteiger partial charge is 0.504 e. The van der Waals surface area contributed by atoms with Crippen LogP contribution in [-0.4, -0.2) is 26.2 Å². The molecule has 0 radical (unpaired) electrons. The van der Waals surface area contributed by atoms with Crippen LogP contribution >= 0.6 is 0 Å². The number of phenolic OH excluding ortho intramolecular Hbond substituents is 2. The first-order valence-corrected chi connectivity index (χ1v) is 8.89. The van der Waals surface area contributed by atoms with E-state index in [4.69, 9.17) is 0 Å². The van der Waals surface area contributed by atoms with Gasteiger partial charge in [-0.05, 0) is 68.7 Å². The van der Waals surface area contributed by atoms with Crippen LogP contribution in [0.15, 0.2) is 42.5 Å². The van der Waals surface area contributed by atoms with Crippen molar-refractivity contribution >= 4 is 22.5 Å². The number of carbonyl (C=O) groups is 1. The molecule has 0 saturated heterocycles. The first kappa shape index (κ1) is 17.4. The van der Waals surface area contributed by atoms with Gasteiger partial charge in [0.15, 0.2) is 11.5 Å². The van der Waals surface area contributed by atoms with E-state index in [1.54, 1.807) is 19.9 Å². The van der Waals surface area contributed by atoms with E-state index < -0.39 is 11.0 Å². The van der Waals surface area contributed by atoms with E-state index in [1.165, 1.54) is 12.1 Å². The smallest absolute Gasteiger partial charge is 0.235 e. The number of rotatable bonds is 4. The Labute approximate surface area is 156 Å². The lowest BCUT2D eigenvalue weighted by atomic mass is 9.94. The Bertz CT molecular complexity index is 1040. The van der Waals surface area contributed by atoms with Gasteiger partial charge in [-0.2, -0.15) is 0 Å². The normalized spacial score (nSPS) is 15.7. The Morgan fingerprint density at radius 3 is 2.44 bits per heavy atom. The lowest BCUT2D eigenvalue weighted by Gasteiger charge is -2.16. The number of H-pyrrole nitrogens is 1. The zero-order valence-corrected chi connectivity index (χ0v) is 15.2. The van der Waals surface area contributed by atoms with Gasteiger partial charge in [-0.1, -0.05) is 6.07 Å². The summed E-state index contributed by atoms with van der Waals surface area (Å²) in [6.07, 6.45) is 1.39. The van der Waals surface area contributed by atoms with Crippen molar-refractivity contribution in [2.75, 3.05) is 5.32 Å². The van der Waals surface area contributed by atoms with Gasteiger partial charge in [-0.15, -0.1) is 0 Å². The number of hydrogen-bond acceptors (Lipinski definition) is 4. The summed E-state index contributed by atoms with van der Waals surface area (Å²) >= 11 is 0. The van der Waals surface area contributed by atoms with Crippen LogP contribution in [0.5, 0.6) is 11.5 Å². The lowest BCUT2D eigenvalue weighted by Crippen LogP contribution is -2.27. The van der Waals surface area contributed by atoms with Crippen molar-refractivity contribution < 1.29 is 20.1 Å². The van der Waals surface area contributed by atoms with Gasteiger partial charge >= 0.3 is 0 Å². The topological polar surface area (TPSA) is 106 Å². The van der Waals surface area contributed by atoms with Gasteiger partial charge < -0.3 is 25.6 Å². The first-order valence-electron chi connectivity index (χ1n) is 8.89. The van der Waals surface area contributed by atoms with Crippen LogP contribution in [-0.2, 0) is 15.8 Å². The molecule has 0 spiro atoms. The molecule has 1 heterocycles. The summed E-state index contributed by atoms with van der Waals surface area (Å²) in [4.78, 5) is 16.1. The monoisotopic (exact) mass is 366 g/mol. The number of aromatic nitrogens is 1. The third-order valence-corrected chi connectivity index (χ3v) is 5.25. The molecule has 140 valence electrons. The molecule has 1 aliphatic rings. The molecule has 6 nitrogen and oxygen atoms in total. The number of aliphatic hydroxyl groups is 1. The number of anilines is 1. The average Bonchev–Trinajstić information content (AvgIpc) is 3.29. The number of aromatic amines is 1. The Balaban J connectivity index is 1.60. The highest BCUT2D eigenvalue weighted by Gasteiger charge is 2.51. The fourth-order valence-electron chi connectivity index (χ4n) is 3.38. The quantitative estimate of drug-likeness (QED) is 0.456. The highest BCUT2D eigenvalue weighted by Crippen LogP contribution is 2.50. The molecule has 1 amide bonds. The van der Waals surface area contributed by atoms with Crippen LogP contribution in [0, 0.1) is 0 Å². The second kappa shape index (κ2) is 5.76. The molecular formula is C21H22N2O4. The number of aromatic hydroxyl groups is 2. The van der Waals surface area contributed by atoms with Gasteiger partial charge in [0.05, 0.1) is 11.0 Å². The van der Waals surface area contributed by atoms with Gasteiger partial charge in [0, 0.05) is 22.3 Å². The van der Waals surface area contributed by atoms with Crippen LogP contribution < -0.4 is 5.32 Å². The molecule has 3 aromatic rings. The van der Waals surface area contributed by atoms with E-state index in [0.29, 0.717) is 29.8 Å². The van der Waals surface area contributed by atoms with Crippen LogP contribution in [0.1, 0.15) is 37.9 Å². The summed E-state index contributed by atoms with van der Waals surface area (Å²) in [5, 5.41) is 33.2. The Hall–Kier alpha value is -2.99. The van der Waals surface area contributed by atoms with Gasteiger partial charge in [0.1, 0.15) is 0 Å². The first-order chi connectivity index (χ1) is 12.7. The zero-order chi connectivity index (χ0) is 19.4. The second-order valence-electron chi connectivity index (χ2n) is 7.78. The van der Waals surface area contributed by atoms with Crippen LogP contribution in [0.4, 0.5) is 5.69 Å². The number of benzene rings is 2. The van der Waals surface area contributed by atoms with Gasteiger partial charge in [-0.3, -0.25) is 4.79 Å². The van der Waals surface area contributed by atoms with Crippen molar-refractivity contribution in [3.05, 3.63) is 53.7 Å². The lowest BCUT2D eigenvalue weighted by molar-refractivity contribution is -0.118. The number of fused-ring (bicyclic) bond motifs is 1. The highest BCUT2D eigenvalue weighted by molar-refractivity contribution is 6.02. The Kier molecular flexibility index (Phi) is 3.71. The van der Waals surface area contributed by atoms with E-state index >= 15 is 0 Å². The molecule has 0 atom stereocenters. The molecule has 0 unspecified atom stereocenters. The summed E-state index contributed by atoms with van der Waals surface area (Å²) < 4.78 is 0. The minimum absolute atomic E-state index is 0.134. The van der Waals surface area contributed by atoms with Gasteiger partial charge in [0.2, 0.25) is 5.91 Å². The van der Waals surface area contributed by atoms with Crippen molar-refractivity contribution in [3.8, 4) is 11.5 Å². The summed E-state index contributed by atoms with van der Waals surface area (Å²) in [6, 6.07) is 11.9. The standard InChI is InChI=1S/C21H22N2O4/c1-20(2,27)18-10-12-9-14(4-5-15(12)23-18)22-19(26)21(7-8-21)13-3-6-16(24)17(25)11-13/h3-6,9-11,23-25,27H,7-8H2,1-2H3,(H,22,26). The van der Waals surface area contributed by atoms with Crippen molar-refractivity contribution in [1.82, 2.24) is 4.98 Å². The van der Waals surface area contributed by atoms with Crippen LogP contribution in [0.3, 0.4) is 0 Å². The highest BCUT2D eigenvalue weighted by atomic mass is 16.3. The molecule has 6 heteroatoms. The minimum atomic E-state index is -0.971. The molecular weight excluding hydrogens is 344 g/mol. The maximum atomic E-state index is 12.9. The Morgan fingerprint density at radius 1 is 1.07 bits per heavy atom. The molecule has 1 aromatic heterocycles. The van der Waals surface area contributed by atoms with Crippen molar-refractivity contribution in [3.63, 3.8) is 0 Å². The predicted molar refractivity (Wildman–Crippen MR) is 103 cm³/mol. The molecule has 4 rings (SSSR count). The van der Waals surface area contributed by atoms with Crippen molar-refractivity contribution in [2.24, 2.45) is 0 Å². The molecule has 1 aliphatic carbocycles. The number of amides is 1. The van der Waals surface area contributed by atoms with Crippen molar-refractivity contribution in [1.29, 1.82) is 0 Å². The number of hydrogen-bond donors (Lipinski definition) is 5. The summed E-state index contributed by atoms with van der Waals surface area (Å²) in [6.45, 7) is 3.43. The average molecular weight is 366 g/mol. The summed E-state index contributed by atoms with van der Waals surface area (Å²) in [7, 11) is 0. The number of carbonyl (C=O) groups excluding carboxylic acids is 1. The van der Waals surface area contributed by atoms with Crippen LogP contribution in [0.25, 0.3) is 10.9 Å². The van der Waals surface area contributed by atoms with E-state index in [9.17, 15) is 20.1 Å². The molecule has 1 fully saturated rings. The van der Waals surface area contributed by atoms with Gasteiger partial charge in [-0.25, -0.2) is 0 Å². The number of phenols is 2. The Morgan fingerprint density at radius 2 is 1.81 bits per heavy atom. The third kappa shape index (κ3) is 3.02. The maximum Gasteiger partial charge on any atom is 0.235 e. The molecule has 1 saturated carbocycles. The molecule has 0 bridgehead atoms. The van der Waals surface area contributed by atoms with Gasteiger partial charge in [0.25, 0.3) is 0 Å². The van der Waals surface area contributed by atoms with E-state index in [-0.39, 0.29) is 17.4 Å². The van der Waals surface area contributed by atoms with E-state index in [0.717, 1.165) is 10.9 Å².